The first kappa shape index (κ1) is 57.1. The van der Waals surface area contributed by atoms with E-state index in [0.29, 0.717) is 85.7 Å². The second kappa shape index (κ2) is 22.3. The lowest BCUT2D eigenvalue weighted by Gasteiger charge is -2.38. The van der Waals surface area contributed by atoms with E-state index >= 15 is 0 Å². The summed E-state index contributed by atoms with van der Waals surface area (Å²) in [6, 6.07) is 2.89. The molecule has 76 heavy (non-hydrogen) atoms. The van der Waals surface area contributed by atoms with Crippen molar-refractivity contribution in [3.05, 3.63) is 49.3 Å². The zero-order chi connectivity index (χ0) is 55.2. The number of nitrogens with one attached hydrogen (secondary N) is 2. The van der Waals surface area contributed by atoms with Crippen LogP contribution in [-0.2, 0) is 23.7 Å². The van der Waals surface area contributed by atoms with Gasteiger partial charge in [-0.3, -0.25) is 14.4 Å². The lowest BCUT2D eigenvalue weighted by Crippen LogP contribution is -2.46. The van der Waals surface area contributed by atoms with E-state index in [1.165, 1.54) is 26.4 Å². The number of ether oxygens (including phenoxy) is 7. The van der Waals surface area contributed by atoms with E-state index in [9.17, 15) is 19.5 Å². The topological polar surface area (TPSA) is 193 Å². The zero-order valence-corrected chi connectivity index (χ0v) is 47.8. The highest BCUT2D eigenvalue weighted by molar-refractivity contribution is 6.40. The molecule has 2 aliphatic heterocycles. The number of anilines is 2. The fourth-order valence-corrected chi connectivity index (χ4v) is 12.1. The molecule has 16 nitrogen and oxygen atoms in total. The summed E-state index contributed by atoms with van der Waals surface area (Å²) in [6.07, 6.45) is 7.28. The number of fused-ring (bicyclic) bond motifs is 1. The van der Waals surface area contributed by atoms with Crippen molar-refractivity contribution in [2.75, 3.05) is 112 Å². The third-order valence-electron chi connectivity index (χ3n) is 16.8. The molecule has 0 amide bonds. The van der Waals surface area contributed by atoms with Crippen LogP contribution in [0.2, 0.25) is 0 Å². The van der Waals surface area contributed by atoms with Crippen LogP contribution >= 0.6 is 0 Å². The number of nitrogens with two attached hydrogens (primary N) is 1. The molecule has 5 aromatic rings. The quantitative estimate of drug-likeness (QED) is 0.0198. The number of ketones is 1. The first-order valence-corrected chi connectivity index (χ1v) is 27.2. The van der Waals surface area contributed by atoms with Crippen LogP contribution in [0.3, 0.4) is 0 Å². The van der Waals surface area contributed by atoms with Crippen LogP contribution in [0.15, 0.2) is 27.3 Å². The van der Waals surface area contributed by atoms with Crippen LogP contribution in [0.1, 0.15) is 118 Å². The molecule has 2 unspecified atom stereocenters. The van der Waals surface area contributed by atoms with Gasteiger partial charge in [0, 0.05) is 90.6 Å². The summed E-state index contributed by atoms with van der Waals surface area (Å²) in [4.78, 5) is 48.8. The predicted octanol–water partition coefficient (Wildman–Crippen LogP) is 9.08. The first-order chi connectivity index (χ1) is 35.9. The van der Waals surface area contributed by atoms with Crippen LogP contribution in [0, 0.1) is 11.8 Å². The van der Waals surface area contributed by atoms with Crippen molar-refractivity contribution in [1.82, 2.24) is 9.80 Å². The average Bonchev–Trinajstić information content (AvgIpc) is 3.72. The Hall–Kier alpha value is -5.07. The van der Waals surface area contributed by atoms with Crippen molar-refractivity contribution >= 4 is 66.3 Å². The molecule has 416 valence electrons. The van der Waals surface area contributed by atoms with Gasteiger partial charge >= 0.3 is 0 Å². The van der Waals surface area contributed by atoms with Gasteiger partial charge in [0.2, 0.25) is 0 Å². The summed E-state index contributed by atoms with van der Waals surface area (Å²) in [7, 11) is 7.92. The number of hydrogen-bond acceptors (Lipinski definition) is 16. The predicted molar refractivity (Wildman–Crippen MR) is 305 cm³/mol. The van der Waals surface area contributed by atoms with Gasteiger partial charge in [-0.05, 0) is 144 Å². The molecule has 5 aromatic carbocycles. The van der Waals surface area contributed by atoms with Crippen LogP contribution in [0.5, 0.6) is 23.0 Å². The molecule has 5 N–H and O–H groups in total. The number of phenols is 1. The molecule has 0 bridgehead atoms. The van der Waals surface area contributed by atoms with E-state index in [1.54, 1.807) is 35.2 Å². The third-order valence-corrected chi connectivity index (χ3v) is 16.8. The summed E-state index contributed by atoms with van der Waals surface area (Å²) < 4.78 is 42.1. The molecule has 0 saturated carbocycles. The number of aromatic hydroxyl groups is 1. The Morgan fingerprint density at radius 2 is 1.22 bits per heavy atom. The number of carbonyl (C=O) groups excluding carboxylic acids is 1. The number of benzene rings is 5. The van der Waals surface area contributed by atoms with Crippen LogP contribution in [0.4, 0.5) is 11.4 Å². The Morgan fingerprint density at radius 1 is 0.671 bits per heavy atom. The van der Waals surface area contributed by atoms with E-state index in [2.05, 4.69) is 62.0 Å². The van der Waals surface area contributed by atoms with Gasteiger partial charge in [0.15, 0.2) is 16.6 Å². The minimum Gasteiger partial charge on any atom is -0.505 e. The molecule has 2 fully saturated rings. The first-order valence-electron chi connectivity index (χ1n) is 27.2. The smallest absolute Gasteiger partial charge is 0.194 e. The maximum atomic E-state index is 15.0. The lowest BCUT2D eigenvalue weighted by atomic mass is 9.80. The van der Waals surface area contributed by atoms with Crippen molar-refractivity contribution in [3.63, 3.8) is 0 Å². The van der Waals surface area contributed by atoms with Crippen molar-refractivity contribution < 1.29 is 43.1 Å². The number of nitrogens with zero attached hydrogens (tertiary/aromatic N) is 2. The van der Waals surface area contributed by atoms with Gasteiger partial charge in [0.1, 0.15) is 28.8 Å². The van der Waals surface area contributed by atoms with Gasteiger partial charge in [-0.25, -0.2) is 0 Å². The zero-order valence-electron chi connectivity index (χ0n) is 47.8. The molecule has 0 radical (unpaired) electrons. The molecule has 1 aliphatic carbocycles. The van der Waals surface area contributed by atoms with Gasteiger partial charge in [0.05, 0.1) is 79.4 Å². The highest BCUT2D eigenvalue weighted by atomic mass is 16.6. The maximum absolute atomic E-state index is 15.0. The number of phenolic OH excluding ortho intramolecular Hbond substituents is 1. The maximum Gasteiger partial charge on any atom is 0.194 e. The number of allylic oxidation sites excluding steroid dienone is 1. The highest BCUT2D eigenvalue weighted by Crippen LogP contribution is 2.58. The molecular formula is C60H85N5O11. The molecule has 3 aliphatic rings. The summed E-state index contributed by atoms with van der Waals surface area (Å²) in [5, 5.41) is 23.8. The van der Waals surface area contributed by atoms with Crippen LogP contribution in [0.25, 0.3) is 49.2 Å². The number of carbonyl (C=O) groups is 1. The van der Waals surface area contributed by atoms with Crippen molar-refractivity contribution in [1.29, 1.82) is 0 Å². The minimum atomic E-state index is -0.857. The van der Waals surface area contributed by atoms with Gasteiger partial charge < -0.3 is 64.4 Å². The normalized spacial score (nSPS) is 18.5. The number of piperidine rings is 2. The average molecular weight is 1050 g/mol. The van der Waals surface area contributed by atoms with Crippen molar-refractivity contribution in [3.8, 4) is 23.0 Å². The molecule has 2 atom stereocenters. The summed E-state index contributed by atoms with van der Waals surface area (Å²) >= 11 is 0. The van der Waals surface area contributed by atoms with Gasteiger partial charge in [-0.2, -0.15) is 0 Å². The van der Waals surface area contributed by atoms with E-state index < -0.39 is 17.1 Å². The Bertz CT molecular complexity index is 3080. The molecule has 8 rings (SSSR count). The van der Waals surface area contributed by atoms with Crippen molar-refractivity contribution in [2.24, 2.45) is 17.6 Å². The molecular weight excluding hydrogens is 967 g/mol. The molecule has 2 saturated heterocycles. The summed E-state index contributed by atoms with van der Waals surface area (Å²) in [5.41, 5.74) is 6.47. The van der Waals surface area contributed by atoms with Gasteiger partial charge in [-0.15, -0.1) is 0 Å². The number of Topliss-reactive ketones (excluding diaryl/α,β-unsaturated/α-hetero) is 1. The number of methoxy groups -OCH3 is 5. The highest BCUT2D eigenvalue weighted by Gasteiger charge is 2.38. The SMILES string of the molecule is COc1c(NCC2CCN(CC(C)(C)OCCC(C)(C)OC)CC2)c2c(=O)cc(OC)c3c4c(OC)cc(=O)c5c(O)c(NCC6CCN(CCC(C)(C)OCC(C)(N)OC)CC6)c6c(c(c1C(C(C)=O)C(C)=C6)c23)c54. The monoisotopic (exact) mass is 1050 g/mol. The van der Waals surface area contributed by atoms with E-state index in [0.717, 1.165) is 83.4 Å². The van der Waals surface area contributed by atoms with Crippen LogP contribution < -0.4 is 41.4 Å². The lowest BCUT2D eigenvalue weighted by molar-refractivity contribution is -0.117. The third kappa shape index (κ3) is 11.4. The second-order valence-corrected chi connectivity index (χ2v) is 23.9. The minimum absolute atomic E-state index is 0.111. The van der Waals surface area contributed by atoms with Crippen LogP contribution in [-0.4, -0.2) is 144 Å². The second-order valence-electron chi connectivity index (χ2n) is 23.9. The number of likely N-dealkylation sites (tertiary alicyclic amines) is 2. The molecule has 2 heterocycles. The standard InChI is InChI=1S/C60H85N5O11/c1-34-27-38-44-49-46(55(69)53(38)62-30-36-15-21-64(22-16-36)25-19-58(5,6)76-33-60(9,61)74-14)40(68)29-42(71-11)47(49)48-41(70-10)28-39(67)45-51(48)50(44)52(43(34)35(2)66)56(72-12)54(45)63-31-37-17-23-65(24-18-37)32-59(7,8)75-26-20-57(3,4)73-13/h27-29,36-37,43,62-63,69H,15-26,30-33,61H2,1-14H3. The van der Waals surface area contributed by atoms with Gasteiger partial charge in [-0.1, -0.05) is 11.6 Å². The fraction of sp³-hybridized carbons (Fsp3) is 0.617. The van der Waals surface area contributed by atoms with E-state index in [-0.39, 0.29) is 69.1 Å². The molecule has 16 heteroatoms. The fourth-order valence-electron chi connectivity index (χ4n) is 12.1. The Labute approximate surface area is 448 Å². The van der Waals surface area contributed by atoms with E-state index in [4.69, 9.17) is 38.9 Å². The number of rotatable bonds is 24. The van der Waals surface area contributed by atoms with Gasteiger partial charge in [0.25, 0.3) is 0 Å². The largest absolute Gasteiger partial charge is 0.505 e. The Kier molecular flexibility index (Phi) is 16.8. The Balaban J connectivity index is 1.18. The molecule has 0 spiro atoms. The molecule has 0 aromatic heterocycles. The summed E-state index contributed by atoms with van der Waals surface area (Å²) in [6.45, 7) is 25.1. The Morgan fingerprint density at radius 3 is 1.76 bits per heavy atom. The van der Waals surface area contributed by atoms with E-state index in [1.807, 2.05) is 13.0 Å². The summed E-state index contributed by atoms with van der Waals surface area (Å²) in [5.74, 6) is 0.361. The number of hydrogen-bond donors (Lipinski definition) is 4. The van der Waals surface area contributed by atoms with Crippen molar-refractivity contribution in [2.45, 2.75) is 129 Å².